The second kappa shape index (κ2) is 10.9. The van der Waals surface area contributed by atoms with Gasteiger partial charge in [-0.3, -0.25) is 9.59 Å². The van der Waals surface area contributed by atoms with E-state index in [1.165, 1.54) is 19.2 Å². The summed E-state index contributed by atoms with van der Waals surface area (Å²) in [7, 11) is 1.68. The summed E-state index contributed by atoms with van der Waals surface area (Å²) in [5.74, 6) is -1.39. The molecule has 2 saturated heterocycles. The van der Waals surface area contributed by atoms with Gasteiger partial charge in [-0.2, -0.15) is 4.98 Å². The van der Waals surface area contributed by atoms with Crippen molar-refractivity contribution in [3.8, 4) is 16.9 Å². The average molecular weight is 557 g/mol. The highest BCUT2D eigenvalue weighted by atomic mass is 16.5. The molecule has 1 atom stereocenters. The fourth-order valence-corrected chi connectivity index (χ4v) is 5.97. The van der Waals surface area contributed by atoms with E-state index in [-0.39, 0.29) is 17.4 Å². The predicted molar refractivity (Wildman–Crippen MR) is 156 cm³/mol. The van der Waals surface area contributed by atoms with Crippen molar-refractivity contribution in [2.24, 2.45) is 0 Å². The first-order valence-electron chi connectivity index (χ1n) is 13.9. The van der Waals surface area contributed by atoms with Gasteiger partial charge in [0.15, 0.2) is 16.8 Å². The number of nitrogens with zero attached hydrogens (tertiary/aromatic N) is 4. The van der Waals surface area contributed by atoms with Crippen molar-refractivity contribution in [3.63, 3.8) is 0 Å². The molecule has 212 valence electrons. The molecule has 0 amide bonds. The van der Waals surface area contributed by atoms with Gasteiger partial charge in [0.2, 0.25) is 0 Å². The number of pyridine rings is 1. The number of carboxylic acids is 1. The molecular formula is C31H32N4O6. The number of fused-ring (bicyclic) bond motifs is 1. The highest BCUT2D eigenvalue weighted by molar-refractivity contribution is 6.01. The summed E-state index contributed by atoms with van der Waals surface area (Å²) in [4.78, 5) is 46.5. The molecule has 0 aliphatic carbocycles. The van der Waals surface area contributed by atoms with E-state index in [9.17, 15) is 19.5 Å². The molecule has 10 heteroatoms. The Labute approximate surface area is 236 Å². The van der Waals surface area contributed by atoms with Crippen molar-refractivity contribution in [3.05, 3.63) is 70.0 Å². The van der Waals surface area contributed by atoms with Crippen LogP contribution in [0, 0.1) is 0 Å². The molecule has 4 heterocycles. The SMILES string of the molecule is COCC1CCCN1c1nc2ccc(-n3cc(C(=O)O)c(=O)cc3-c3ccc(N4CCCC4)c(C(C)=O)c3)cc2o1. The number of methoxy groups -OCH3 is 1. The summed E-state index contributed by atoms with van der Waals surface area (Å²) in [6.07, 6.45) is 5.50. The maximum Gasteiger partial charge on any atom is 0.341 e. The number of oxazole rings is 1. The zero-order valence-corrected chi connectivity index (χ0v) is 23.1. The van der Waals surface area contributed by atoms with Crippen molar-refractivity contribution in [2.45, 2.75) is 38.6 Å². The predicted octanol–water partition coefficient (Wildman–Crippen LogP) is 4.76. The lowest BCUT2D eigenvalue weighted by Crippen LogP contribution is -2.32. The second-order valence-electron chi connectivity index (χ2n) is 10.7. The van der Waals surface area contributed by atoms with Gasteiger partial charge in [-0.1, -0.05) is 6.07 Å². The first-order valence-corrected chi connectivity index (χ1v) is 13.9. The lowest BCUT2D eigenvalue weighted by atomic mass is 10.0. The van der Waals surface area contributed by atoms with Crippen LogP contribution in [-0.4, -0.2) is 65.8 Å². The highest BCUT2D eigenvalue weighted by Crippen LogP contribution is 2.33. The second-order valence-corrected chi connectivity index (χ2v) is 10.7. The number of ether oxygens (including phenoxy) is 1. The number of aromatic nitrogens is 2. The first kappa shape index (κ1) is 26.8. The van der Waals surface area contributed by atoms with E-state index in [2.05, 4.69) is 14.8 Å². The number of ketones is 1. The Morgan fingerprint density at radius 3 is 2.59 bits per heavy atom. The minimum Gasteiger partial charge on any atom is -0.477 e. The number of carboxylic acid groups (broad SMARTS) is 1. The highest BCUT2D eigenvalue weighted by Gasteiger charge is 2.28. The molecule has 4 aromatic rings. The van der Waals surface area contributed by atoms with Gasteiger partial charge >= 0.3 is 5.97 Å². The number of aromatic carboxylic acids is 1. The summed E-state index contributed by atoms with van der Waals surface area (Å²) >= 11 is 0. The Kier molecular flexibility index (Phi) is 7.08. The van der Waals surface area contributed by atoms with Gasteiger partial charge in [0.05, 0.1) is 18.3 Å². The molecule has 6 rings (SSSR count). The van der Waals surface area contributed by atoms with E-state index in [0.717, 1.165) is 51.0 Å². The summed E-state index contributed by atoms with van der Waals surface area (Å²) in [5.41, 5.74) is 3.37. The zero-order chi connectivity index (χ0) is 28.7. The van der Waals surface area contributed by atoms with Crippen LogP contribution >= 0.6 is 0 Å². The fraction of sp³-hybridized carbons (Fsp3) is 0.355. The number of benzene rings is 2. The number of Topliss-reactive ketones (excluding diaryl/α,β-unsaturated/α-hetero) is 1. The zero-order valence-electron chi connectivity index (χ0n) is 23.1. The summed E-state index contributed by atoms with van der Waals surface area (Å²) in [6.45, 7) is 4.72. The van der Waals surface area contributed by atoms with Crippen molar-refractivity contribution in [1.29, 1.82) is 0 Å². The van der Waals surface area contributed by atoms with Crippen LogP contribution in [0.25, 0.3) is 28.0 Å². The largest absolute Gasteiger partial charge is 0.477 e. The molecule has 10 nitrogen and oxygen atoms in total. The third-order valence-corrected chi connectivity index (χ3v) is 8.02. The van der Waals surface area contributed by atoms with Crippen LogP contribution in [0.15, 0.2) is 57.9 Å². The fourth-order valence-electron chi connectivity index (χ4n) is 5.97. The number of hydrogen-bond donors (Lipinski definition) is 1. The van der Waals surface area contributed by atoms with Gasteiger partial charge in [0, 0.05) is 62.0 Å². The quantitative estimate of drug-likeness (QED) is 0.306. The smallest absolute Gasteiger partial charge is 0.341 e. The van der Waals surface area contributed by atoms with Crippen LogP contribution in [0.4, 0.5) is 11.7 Å². The third-order valence-electron chi connectivity index (χ3n) is 8.02. The van der Waals surface area contributed by atoms with Gasteiger partial charge in [0.25, 0.3) is 6.01 Å². The maximum absolute atomic E-state index is 12.9. The summed E-state index contributed by atoms with van der Waals surface area (Å²) in [5, 5.41) is 9.73. The van der Waals surface area contributed by atoms with Gasteiger partial charge < -0.3 is 28.6 Å². The van der Waals surface area contributed by atoms with Crippen molar-refractivity contribution in [1.82, 2.24) is 9.55 Å². The van der Waals surface area contributed by atoms with E-state index >= 15 is 0 Å². The molecular weight excluding hydrogens is 524 g/mol. The lowest BCUT2D eigenvalue weighted by Gasteiger charge is -2.22. The van der Waals surface area contributed by atoms with Crippen molar-refractivity contribution < 1.29 is 23.8 Å². The van der Waals surface area contributed by atoms with Gasteiger partial charge in [-0.05, 0) is 62.4 Å². The van der Waals surface area contributed by atoms with Crippen molar-refractivity contribution in [2.75, 3.05) is 43.2 Å². The Morgan fingerprint density at radius 2 is 1.85 bits per heavy atom. The molecule has 2 aliphatic rings. The van der Waals surface area contributed by atoms with Crippen LogP contribution in [0.5, 0.6) is 0 Å². The van der Waals surface area contributed by atoms with Gasteiger partial charge in [-0.15, -0.1) is 0 Å². The topological polar surface area (TPSA) is 118 Å². The van der Waals surface area contributed by atoms with Crippen LogP contribution in [-0.2, 0) is 4.74 Å². The Morgan fingerprint density at radius 1 is 1.05 bits per heavy atom. The van der Waals surface area contributed by atoms with E-state index in [0.29, 0.717) is 46.2 Å². The van der Waals surface area contributed by atoms with Gasteiger partial charge in [-0.25, -0.2) is 4.79 Å². The monoisotopic (exact) mass is 556 g/mol. The molecule has 1 unspecified atom stereocenters. The third kappa shape index (κ3) is 4.99. The van der Waals surface area contributed by atoms with E-state index in [4.69, 9.17) is 9.15 Å². The number of hydrogen-bond acceptors (Lipinski definition) is 8. The van der Waals surface area contributed by atoms with Gasteiger partial charge in [0.1, 0.15) is 11.1 Å². The number of anilines is 2. The standard InChI is InChI=1S/C31H32N4O6/c1-19(36)23-14-20(7-10-26(23)33-11-3-4-12-33)27-16-28(37)24(30(38)39)17-35(27)21-8-9-25-29(15-21)41-31(32-25)34-13-5-6-22(34)18-40-2/h7-10,14-17,22H,3-6,11-13,18H2,1-2H3,(H,38,39). The molecule has 2 aliphatic heterocycles. The summed E-state index contributed by atoms with van der Waals surface area (Å²) < 4.78 is 13.2. The maximum atomic E-state index is 12.9. The Balaban J connectivity index is 1.46. The summed E-state index contributed by atoms with van der Waals surface area (Å²) in [6, 6.07) is 13.0. The van der Waals surface area contributed by atoms with E-state index in [1.807, 2.05) is 24.3 Å². The molecule has 1 N–H and O–H groups in total. The molecule has 2 aromatic heterocycles. The molecule has 0 bridgehead atoms. The minimum absolute atomic E-state index is 0.0749. The molecule has 2 aromatic carbocycles. The normalized spacial score (nSPS) is 17.1. The molecule has 2 fully saturated rings. The molecule has 41 heavy (non-hydrogen) atoms. The van der Waals surface area contributed by atoms with Crippen LogP contribution in [0.2, 0.25) is 0 Å². The number of carbonyl (C=O) groups excluding carboxylic acids is 1. The minimum atomic E-state index is -1.31. The Bertz CT molecular complexity index is 1700. The molecule has 0 saturated carbocycles. The van der Waals surface area contributed by atoms with Crippen LogP contribution < -0.4 is 15.2 Å². The number of carbonyl (C=O) groups is 2. The van der Waals surface area contributed by atoms with E-state index < -0.39 is 11.4 Å². The number of rotatable bonds is 8. The molecule has 0 spiro atoms. The average Bonchev–Trinajstić information content (AvgIpc) is 3.73. The van der Waals surface area contributed by atoms with E-state index in [1.54, 1.807) is 23.8 Å². The Hall–Kier alpha value is -4.44. The van der Waals surface area contributed by atoms with Crippen LogP contribution in [0.1, 0.15) is 53.3 Å². The lowest BCUT2D eigenvalue weighted by molar-refractivity contribution is 0.0694. The molecule has 0 radical (unpaired) electrons. The van der Waals surface area contributed by atoms with Crippen molar-refractivity contribution >= 4 is 34.6 Å². The van der Waals surface area contributed by atoms with Crippen LogP contribution in [0.3, 0.4) is 0 Å². The first-order chi connectivity index (χ1) is 19.8.